The maximum absolute atomic E-state index is 11.4. The van der Waals surface area contributed by atoms with Crippen LogP contribution in [0.15, 0.2) is 47.5 Å². The Hall–Kier alpha value is -1.94. The lowest BCUT2D eigenvalue weighted by molar-refractivity contribution is 0.0925. The van der Waals surface area contributed by atoms with Crippen LogP contribution in [0.2, 0.25) is 5.02 Å². The lowest BCUT2D eigenvalue weighted by Crippen LogP contribution is -2.23. The van der Waals surface area contributed by atoms with Crippen molar-refractivity contribution < 1.29 is 14.3 Å². The molecule has 0 spiro atoms. The number of carbonyl (C=O) groups excluding carboxylic acids is 1. The summed E-state index contributed by atoms with van der Waals surface area (Å²) in [6.45, 7) is 3.81. The molecule has 0 amide bonds. The minimum absolute atomic E-state index is 0.172. The van der Waals surface area contributed by atoms with E-state index < -0.39 is 6.16 Å². The van der Waals surface area contributed by atoms with E-state index in [-0.39, 0.29) is 5.92 Å². The van der Waals surface area contributed by atoms with Gasteiger partial charge in [0, 0.05) is 10.7 Å². The van der Waals surface area contributed by atoms with Gasteiger partial charge in [-0.3, -0.25) is 0 Å². The van der Waals surface area contributed by atoms with E-state index in [4.69, 9.17) is 16.3 Å². The highest BCUT2D eigenvalue weighted by Crippen LogP contribution is 2.33. The fourth-order valence-corrected chi connectivity index (χ4v) is 2.38. The number of halogens is 1. The van der Waals surface area contributed by atoms with Crippen LogP contribution in [0.5, 0.6) is 0 Å². The standard InChI is InChI=1S/C15H16ClNO3/c1-9-7-13(11-5-4-6-12(16)8-11)14(10(2)17-9)20-15(18)19-3/h4-8,13,17H,1-3H3. The second-order valence-corrected chi connectivity index (χ2v) is 4.99. The molecule has 0 saturated heterocycles. The molecule has 1 unspecified atom stereocenters. The predicted octanol–water partition coefficient (Wildman–Crippen LogP) is 3.95. The molecule has 0 aliphatic carbocycles. The van der Waals surface area contributed by atoms with Crippen molar-refractivity contribution in [3.8, 4) is 0 Å². The first-order chi connectivity index (χ1) is 9.51. The highest BCUT2D eigenvalue weighted by Gasteiger charge is 2.25. The fraction of sp³-hybridized carbons (Fsp3) is 0.267. The quantitative estimate of drug-likeness (QED) is 0.839. The van der Waals surface area contributed by atoms with Gasteiger partial charge in [0.25, 0.3) is 0 Å². The molecule has 2 rings (SSSR count). The summed E-state index contributed by atoms with van der Waals surface area (Å²) < 4.78 is 9.84. The Morgan fingerprint density at radius 3 is 2.75 bits per heavy atom. The summed E-state index contributed by atoms with van der Waals surface area (Å²) in [4.78, 5) is 11.4. The Labute approximate surface area is 123 Å². The zero-order valence-corrected chi connectivity index (χ0v) is 12.3. The Morgan fingerprint density at radius 2 is 2.10 bits per heavy atom. The summed E-state index contributed by atoms with van der Waals surface area (Å²) in [6, 6.07) is 7.48. The molecule has 1 aromatic carbocycles. The third-order valence-electron chi connectivity index (χ3n) is 3.02. The summed E-state index contributed by atoms with van der Waals surface area (Å²) in [6.07, 6.45) is 1.25. The van der Waals surface area contributed by atoms with Crippen molar-refractivity contribution in [3.63, 3.8) is 0 Å². The van der Waals surface area contributed by atoms with Gasteiger partial charge in [-0.05, 0) is 31.5 Å². The van der Waals surface area contributed by atoms with Crippen molar-refractivity contribution in [2.75, 3.05) is 7.11 Å². The minimum Gasteiger partial charge on any atom is -0.437 e. The molecule has 0 aromatic heterocycles. The molecule has 106 valence electrons. The van der Waals surface area contributed by atoms with E-state index in [0.717, 1.165) is 17.0 Å². The monoisotopic (exact) mass is 293 g/mol. The minimum atomic E-state index is -0.735. The number of nitrogens with one attached hydrogen (secondary N) is 1. The Balaban J connectivity index is 2.40. The normalized spacial score (nSPS) is 18.2. The average molecular weight is 294 g/mol. The van der Waals surface area contributed by atoms with Crippen molar-refractivity contribution in [1.82, 2.24) is 5.32 Å². The number of benzene rings is 1. The fourth-order valence-electron chi connectivity index (χ4n) is 2.18. The number of rotatable bonds is 2. The highest BCUT2D eigenvalue weighted by atomic mass is 35.5. The van der Waals surface area contributed by atoms with Crippen molar-refractivity contribution >= 4 is 17.8 Å². The number of allylic oxidation sites excluding steroid dienone is 3. The van der Waals surface area contributed by atoms with Crippen LogP contribution < -0.4 is 5.32 Å². The maximum atomic E-state index is 11.4. The van der Waals surface area contributed by atoms with Crippen molar-refractivity contribution in [2.24, 2.45) is 0 Å². The number of dihydropyridines is 1. The molecular formula is C15H16ClNO3. The molecule has 4 nitrogen and oxygen atoms in total. The van der Waals surface area contributed by atoms with Crippen LogP contribution >= 0.6 is 11.6 Å². The van der Waals surface area contributed by atoms with Gasteiger partial charge >= 0.3 is 6.16 Å². The highest BCUT2D eigenvalue weighted by molar-refractivity contribution is 6.30. The zero-order chi connectivity index (χ0) is 14.7. The Kier molecular flexibility index (Phi) is 4.35. The molecule has 20 heavy (non-hydrogen) atoms. The smallest absolute Gasteiger partial charge is 0.437 e. The lowest BCUT2D eigenvalue weighted by atomic mass is 9.93. The van der Waals surface area contributed by atoms with Crippen LogP contribution in [0.3, 0.4) is 0 Å². The number of hydrogen-bond donors (Lipinski definition) is 1. The van der Waals surface area contributed by atoms with E-state index in [1.54, 1.807) is 6.07 Å². The summed E-state index contributed by atoms with van der Waals surface area (Å²) in [7, 11) is 1.28. The zero-order valence-electron chi connectivity index (χ0n) is 11.6. The predicted molar refractivity (Wildman–Crippen MR) is 77.3 cm³/mol. The summed E-state index contributed by atoms with van der Waals surface area (Å²) >= 11 is 6.03. The Bertz CT molecular complexity index is 593. The third kappa shape index (κ3) is 3.14. The molecule has 1 aromatic rings. The molecule has 1 atom stereocenters. The van der Waals surface area contributed by atoms with Gasteiger partial charge in [0.05, 0.1) is 18.7 Å². The first kappa shape index (κ1) is 14.5. The lowest BCUT2D eigenvalue weighted by Gasteiger charge is -2.25. The van der Waals surface area contributed by atoms with Crippen LogP contribution in [0.1, 0.15) is 25.3 Å². The van der Waals surface area contributed by atoms with Crippen LogP contribution in [0, 0.1) is 0 Å². The molecule has 1 aliphatic heterocycles. The number of ether oxygens (including phenoxy) is 2. The van der Waals surface area contributed by atoms with E-state index in [9.17, 15) is 4.79 Å². The molecule has 1 N–H and O–H groups in total. The molecule has 0 fully saturated rings. The van der Waals surface area contributed by atoms with Gasteiger partial charge in [-0.1, -0.05) is 29.8 Å². The largest absolute Gasteiger partial charge is 0.513 e. The van der Waals surface area contributed by atoms with E-state index in [0.29, 0.717) is 10.8 Å². The average Bonchev–Trinajstić information content (AvgIpc) is 2.41. The van der Waals surface area contributed by atoms with Crippen LogP contribution in [-0.2, 0) is 9.47 Å². The SMILES string of the molecule is COC(=O)OC1=C(C)NC(C)=CC1c1cccc(Cl)c1. The number of hydrogen-bond acceptors (Lipinski definition) is 4. The van der Waals surface area contributed by atoms with Crippen molar-refractivity contribution in [2.45, 2.75) is 19.8 Å². The van der Waals surface area contributed by atoms with Gasteiger partial charge in [0.1, 0.15) is 5.76 Å². The van der Waals surface area contributed by atoms with E-state index in [1.807, 2.05) is 38.1 Å². The Morgan fingerprint density at radius 1 is 1.35 bits per heavy atom. The van der Waals surface area contributed by atoms with E-state index in [2.05, 4.69) is 10.1 Å². The van der Waals surface area contributed by atoms with E-state index >= 15 is 0 Å². The van der Waals surface area contributed by atoms with Crippen molar-refractivity contribution in [1.29, 1.82) is 0 Å². The van der Waals surface area contributed by atoms with E-state index in [1.165, 1.54) is 7.11 Å². The summed E-state index contributed by atoms with van der Waals surface area (Å²) in [5.74, 6) is 0.346. The molecule has 1 aliphatic rings. The molecule has 0 bridgehead atoms. The second-order valence-electron chi connectivity index (χ2n) is 4.55. The van der Waals surface area contributed by atoms with Gasteiger partial charge in [0.2, 0.25) is 0 Å². The van der Waals surface area contributed by atoms with Crippen molar-refractivity contribution in [3.05, 3.63) is 58.1 Å². The van der Waals surface area contributed by atoms with Gasteiger partial charge in [-0.15, -0.1) is 0 Å². The van der Waals surface area contributed by atoms with Crippen LogP contribution in [-0.4, -0.2) is 13.3 Å². The first-order valence-corrected chi connectivity index (χ1v) is 6.56. The topological polar surface area (TPSA) is 47.6 Å². The molecule has 1 heterocycles. The van der Waals surface area contributed by atoms with Gasteiger partial charge in [-0.2, -0.15) is 0 Å². The van der Waals surface area contributed by atoms with Crippen LogP contribution in [0.25, 0.3) is 0 Å². The maximum Gasteiger partial charge on any atom is 0.513 e. The van der Waals surface area contributed by atoms with Crippen LogP contribution in [0.4, 0.5) is 4.79 Å². The first-order valence-electron chi connectivity index (χ1n) is 6.18. The van der Waals surface area contributed by atoms with Gasteiger partial charge in [0.15, 0.2) is 0 Å². The second kappa shape index (κ2) is 6.01. The molecular weight excluding hydrogens is 278 g/mol. The number of methoxy groups -OCH3 is 1. The molecule has 5 heteroatoms. The van der Waals surface area contributed by atoms with Gasteiger partial charge < -0.3 is 14.8 Å². The summed E-state index contributed by atoms with van der Waals surface area (Å²) in [5, 5.41) is 3.79. The molecule has 0 saturated carbocycles. The third-order valence-corrected chi connectivity index (χ3v) is 3.26. The van der Waals surface area contributed by atoms with Gasteiger partial charge in [-0.25, -0.2) is 4.79 Å². The molecule has 0 radical (unpaired) electrons. The summed E-state index contributed by atoms with van der Waals surface area (Å²) in [5.41, 5.74) is 2.72. The number of carbonyl (C=O) groups is 1.